The quantitative estimate of drug-likeness (QED) is 0.642. The van der Waals surface area contributed by atoms with Crippen molar-refractivity contribution < 1.29 is 9.59 Å². The van der Waals surface area contributed by atoms with Crippen molar-refractivity contribution in [2.75, 3.05) is 19.0 Å². The van der Waals surface area contributed by atoms with Crippen molar-refractivity contribution in [3.05, 3.63) is 0 Å². The highest BCUT2D eigenvalue weighted by Gasteiger charge is 2.30. The van der Waals surface area contributed by atoms with E-state index in [0.29, 0.717) is 19.5 Å². The number of nitrogens with one attached hydrogen (secondary N) is 1. The molecule has 1 saturated heterocycles. The molecule has 0 aromatic carbocycles. The molecular formula is C8H13ClN2O2. The number of nitrogens with zero attached hydrogens (tertiary/aromatic N) is 1. The molecule has 0 spiro atoms. The fourth-order valence-corrected chi connectivity index (χ4v) is 1.65. The van der Waals surface area contributed by atoms with Crippen LogP contribution in [-0.4, -0.2) is 41.7 Å². The van der Waals surface area contributed by atoms with Gasteiger partial charge in [0.1, 0.15) is 11.9 Å². The highest BCUT2D eigenvalue weighted by Crippen LogP contribution is 2.08. The van der Waals surface area contributed by atoms with Gasteiger partial charge in [-0.05, 0) is 6.42 Å². The van der Waals surface area contributed by atoms with Crippen LogP contribution in [0.25, 0.3) is 0 Å². The van der Waals surface area contributed by atoms with E-state index in [1.807, 2.05) is 6.92 Å². The van der Waals surface area contributed by atoms with Gasteiger partial charge in [-0.3, -0.25) is 9.59 Å². The lowest BCUT2D eigenvalue weighted by Crippen LogP contribution is -2.57. The molecule has 13 heavy (non-hydrogen) atoms. The van der Waals surface area contributed by atoms with Crippen LogP contribution in [0.15, 0.2) is 0 Å². The summed E-state index contributed by atoms with van der Waals surface area (Å²) in [6.45, 7) is 2.97. The second kappa shape index (κ2) is 4.46. The Kier molecular flexibility index (Phi) is 3.54. The molecule has 1 heterocycles. The molecule has 0 radical (unpaired) electrons. The summed E-state index contributed by atoms with van der Waals surface area (Å²) in [6, 6.07) is -0.333. The van der Waals surface area contributed by atoms with E-state index in [0.717, 1.165) is 0 Å². The highest BCUT2D eigenvalue weighted by atomic mass is 35.5. The molecule has 74 valence electrons. The van der Waals surface area contributed by atoms with Gasteiger partial charge in [0, 0.05) is 13.1 Å². The first-order valence-corrected chi connectivity index (χ1v) is 4.87. The third kappa shape index (κ3) is 2.12. The summed E-state index contributed by atoms with van der Waals surface area (Å²) < 4.78 is 0. The van der Waals surface area contributed by atoms with Crippen LogP contribution in [-0.2, 0) is 9.59 Å². The van der Waals surface area contributed by atoms with E-state index in [-0.39, 0.29) is 23.7 Å². The largest absolute Gasteiger partial charge is 0.353 e. The second-order valence-corrected chi connectivity index (χ2v) is 3.20. The van der Waals surface area contributed by atoms with Crippen LogP contribution in [0.4, 0.5) is 0 Å². The van der Waals surface area contributed by atoms with Crippen molar-refractivity contribution >= 4 is 23.4 Å². The molecule has 4 nitrogen and oxygen atoms in total. The maximum atomic E-state index is 11.3. The first-order chi connectivity index (χ1) is 6.20. The first kappa shape index (κ1) is 10.3. The average molecular weight is 205 g/mol. The summed E-state index contributed by atoms with van der Waals surface area (Å²) in [4.78, 5) is 24.2. The van der Waals surface area contributed by atoms with Gasteiger partial charge in [-0.1, -0.05) is 6.92 Å². The molecule has 0 saturated carbocycles. The molecule has 0 aliphatic carbocycles. The van der Waals surface area contributed by atoms with Gasteiger partial charge in [-0.25, -0.2) is 0 Å². The van der Waals surface area contributed by atoms with Crippen LogP contribution in [0.1, 0.15) is 13.3 Å². The van der Waals surface area contributed by atoms with Gasteiger partial charge in [0.15, 0.2) is 0 Å². The lowest BCUT2D eigenvalue weighted by Gasteiger charge is -2.34. The fraction of sp³-hybridized carbons (Fsp3) is 0.750. The van der Waals surface area contributed by atoms with E-state index in [1.54, 1.807) is 4.90 Å². The van der Waals surface area contributed by atoms with Crippen LogP contribution in [0.3, 0.4) is 0 Å². The van der Waals surface area contributed by atoms with Crippen molar-refractivity contribution in [1.29, 1.82) is 0 Å². The van der Waals surface area contributed by atoms with Crippen molar-refractivity contribution in [1.82, 2.24) is 10.2 Å². The molecule has 1 aliphatic rings. The fourth-order valence-electron chi connectivity index (χ4n) is 1.50. The van der Waals surface area contributed by atoms with Gasteiger partial charge >= 0.3 is 0 Å². The van der Waals surface area contributed by atoms with Gasteiger partial charge in [-0.15, -0.1) is 11.6 Å². The average Bonchev–Trinajstić information content (AvgIpc) is 2.16. The summed E-state index contributed by atoms with van der Waals surface area (Å²) >= 11 is 5.43. The molecule has 1 unspecified atom stereocenters. The first-order valence-electron chi connectivity index (χ1n) is 4.33. The standard InChI is InChI=1S/C8H13ClN2O2/c1-2-6-8(13)10-3-4-11(6)7(12)5-9/h6H,2-5H2,1H3,(H,10,13). The van der Waals surface area contributed by atoms with Crippen molar-refractivity contribution in [2.24, 2.45) is 0 Å². The summed E-state index contributed by atoms with van der Waals surface area (Å²) in [7, 11) is 0. The van der Waals surface area contributed by atoms with Gasteiger partial charge in [0.05, 0.1) is 0 Å². The maximum absolute atomic E-state index is 11.3. The van der Waals surface area contributed by atoms with Crippen LogP contribution < -0.4 is 5.32 Å². The topological polar surface area (TPSA) is 49.4 Å². The molecule has 0 aromatic rings. The molecule has 1 fully saturated rings. The number of carbonyl (C=O) groups is 2. The van der Waals surface area contributed by atoms with Crippen LogP contribution in [0, 0.1) is 0 Å². The molecule has 5 heteroatoms. The maximum Gasteiger partial charge on any atom is 0.242 e. The number of rotatable bonds is 2. The molecular weight excluding hydrogens is 192 g/mol. The zero-order valence-electron chi connectivity index (χ0n) is 7.55. The SMILES string of the molecule is CCC1C(=O)NCCN1C(=O)CCl. The van der Waals surface area contributed by atoms with Crippen molar-refractivity contribution in [3.8, 4) is 0 Å². The van der Waals surface area contributed by atoms with Gasteiger partial charge in [-0.2, -0.15) is 0 Å². The Bertz CT molecular complexity index is 220. The molecule has 1 rings (SSSR count). The minimum absolute atomic E-state index is 0.0518. The summed E-state index contributed by atoms with van der Waals surface area (Å²) in [5.41, 5.74) is 0. The van der Waals surface area contributed by atoms with Gasteiger partial charge in [0.25, 0.3) is 0 Å². The third-order valence-corrected chi connectivity index (χ3v) is 2.38. The van der Waals surface area contributed by atoms with Crippen LogP contribution >= 0.6 is 11.6 Å². The Balaban J connectivity index is 2.70. The van der Waals surface area contributed by atoms with Gasteiger partial charge in [0.2, 0.25) is 11.8 Å². The number of alkyl halides is 1. The number of carbonyl (C=O) groups excluding carboxylic acids is 2. The van der Waals surface area contributed by atoms with E-state index in [9.17, 15) is 9.59 Å². The van der Waals surface area contributed by atoms with E-state index in [4.69, 9.17) is 11.6 Å². The summed E-state index contributed by atoms with van der Waals surface area (Å²) in [6.07, 6.45) is 0.633. The Morgan fingerprint density at radius 3 is 3.00 bits per heavy atom. The summed E-state index contributed by atoms with van der Waals surface area (Å²) in [5.74, 6) is -0.292. The number of halogens is 1. The van der Waals surface area contributed by atoms with E-state index >= 15 is 0 Å². The smallest absolute Gasteiger partial charge is 0.242 e. The Hall–Kier alpha value is -0.770. The van der Waals surface area contributed by atoms with E-state index in [1.165, 1.54) is 0 Å². The van der Waals surface area contributed by atoms with E-state index in [2.05, 4.69) is 5.32 Å². The minimum Gasteiger partial charge on any atom is -0.353 e. The normalized spacial score (nSPS) is 22.8. The lowest BCUT2D eigenvalue weighted by atomic mass is 10.1. The number of hydrogen-bond donors (Lipinski definition) is 1. The molecule has 1 aliphatic heterocycles. The van der Waals surface area contributed by atoms with Crippen LogP contribution in [0.2, 0.25) is 0 Å². The van der Waals surface area contributed by atoms with Crippen molar-refractivity contribution in [3.63, 3.8) is 0 Å². The third-order valence-electron chi connectivity index (χ3n) is 2.15. The van der Waals surface area contributed by atoms with Crippen LogP contribution in [0.5, 0.6) is 0 Å². The zero-order valence-corrected chi connectivity index (χ0v) is 8.30. The Morgan fingerprint density at radius 2 is 2.46 bits per heavy atom. The predicted molar refractivity (Wildman–Crippen MR) is 49.5 cm³/mol. The number of piperazine rings is 1. The lowest BCUT2D eigenvalue weighted by molar-refractivity contribution is -0.141. The molecule has 2 amide bonds. The monoisotopic (exact) mass is 204 g/mol. The Morgan fingerprint density at radius 1 is 1.77 bits per heavy atom. The molecule has 1 N–H and O–H groups in total. The Labute approximate surface area is 82.2 Å². The second-order valence-electron chi connectivity index (χ2n) is 2.94. The molecule has 1 atom stereocenters. The highest BCUT2D eigenvalue weighted by molar-refractivity contribution is 6.27. The predicted octanol–water partition coefficient (Wildman–Crippen LogP) is -0.0378. The summed E-state index contributed by atoms with van der Waals surface area (Å²) in [5, 5.41) is 2.72. The number of hydrogen-bond acceptors (Lipinski definition) is 2. The van der Waals surface area contributed by atoms with E-state index < -0.39 is 0 Å². The zero-order chi connectivity index (χ0) is 9.84. The van der Waals surface area contributed by atoms with Crippen molar-refractivity contribution in [2.45, 2.75) is 19.4 Å². The molecule has 0 aromatic heterocycles. The minimum atomic E-state index is -0.333. The molecule has 0 bridgehead atoms. The van der Waals surface area contributed by atoms with Gasteiger partial charge < -0.3 is 10.2 Å². The number of amides is 2.